The number of rotatable bonds is 8. The Morgan fingerprint density at radius 2 is 1.75 bits per heavy atom. The Labute approximate surface area is 216 Å². The van der Waals surface area contributed by atoms with Crippen molar-refractivity contribution in [3.05, 3.63) is 82.4 Å². The van der Waals surface area contributed by atoms with Gasteiger partial charge in [-0.1, -0.05) is 29.8 Å². The third kappa shape index (κ3) is 7.64. The lowest BCUT2D eigenvalue weighted by Gasteiger charge is -2.28. The number of hydrogen-bond donors (Lipinski definition) is 1. The highest BCUT2D eigenvalue weighted by Crippen LogP contribution is 2.31. The third-order valence-electron chi connectivity index (χ3n) is 6.40. The number of ether oxygens (including phenoxy) is 2. The van der Waals surface area contributed by atoms with Crippen LogP contribution in [0.2, 0.25) is 0 Å². The molecule has 0 saturated heterocycles. The van der Waals surface area contributed by atoms with Gasteiger partial charge in [0.2, 0.25) is 0 Å². The summed E-state index contributed by atoms with van der Waals surface area (Å²) >= 11 is 4.48. The Morgan fingerprint density at radius 3 is 2.39 bits per heavy atom. The summed E-state index contributed by atoms with van der Waals surface area (Å²) in [6, 6.07) is 11.2. The molecule has 0 aliphatic carbocycles. The molecule has 0 spiro atoms. The molecule has 0 radical (unpaired) electrons. The van der Waals surface area contributed by atoms with Crippen molar-refractivity contribution < 1.29 is 27.4 Å². The highest BCUT2D eigenvalue weighted by atomic mass is 32.1. The van der Waals surface area contributed by atoms with Gasteiger partial charge in [0.15, 0.2) is 6.61 Å². The number of halogens is 3. The molecule has 2 aromatic rings. The highest BCUT2D eigenvalue weighted by Gasteiger charge is 2.30. The predicted molar refractivity (Wildman–Crippen MR) is 139 cm³/mol. The number of esters is 1. The maximum atomic E-state index is 12.8. The minimum atomic E-state index is -4.35. The second kappa shape index (κ2) is 12.5. The quantitative estimate of drug-likeness (QED) is 0.251. The van der Waals surface area contributed by atoms with Crippen LogP contribution in [0.5, 0.6) is 5.75 Å². The summed E-state index contributed by atoms with van der Waals surface area (Å²) in [6.07, 6.45) is 1.23. The van der Waals surface area contributed by atoms with E-state index in [9.17, 15) is 18.0 Å². The third-order valence-corrected chi connectivity index (χ3v) is 6.80. The van der Waals surface area contributed by atoms with Gasteiger partial charge in [-0.15, -0.1) is 12.6 Å². The average molecular weight is 520 g/mol. The van der Waals surface area contributed by atoms with Crippen LogP contribution in [0.15, 0.2) is 60.2 Å². The molecule has 8 heteroatoms. The molecule has 2 aromatic carbocycles. The van der Waals surface area contributed by atoms with Crippen LogP contribution in [0, 0.1) is 0 Å². The summed E-state index contributed by atoms with van der Waals surface area (Å²) in [5.41, 5.74) is 3.59. The van der Waals surface area contributed by atoms with Gasteiger partial charge in [-0.3, -0.25) is 4.90 Å². The van der Waals surface area contributed by atoms with Gasteiger partial charge in [0, 0.05) is 24.0 Å². The first kappa shape index (κ1) is 27.9. The first-order valence-electron chi connectivity index (χ1n) is 12.0. The number of carbonyl (C=O) groups excluding carboxylic acids is 1. The molecule has 3 rings (SSSR count). The summed E-state index contributed by atoms with van der Waals surface area (Å²) < 4.78 is 48.9. The maximum Gasteiger partial charge on any atom is 0.416 e. The van der Waals surface area contributed by atoms with Gasteiger partial charge in [0.1, 0.15) is 5.75 Å². The van der Waals surface area contributed by atoms with Crippen molar-refractivity contribution in [2.45, 2.75) is 45.8 Å². The Balaban J connectivity index is 1.61. The normalized spacial score (nSPS) is 16.2. The zero-order chi connectivity index (χ0) is 26.3. The van der Waals surface area contributed by atoms with E-state index in [0.717, 1.165) is 43.6 Å². The fraction of sp³-hybridized carbons (Fsp3) is 0.393. The zero-order valence-corrected chi connectivity index (χ0v) is 21.7. The number of nitrogens with zero attached hydrogens (tertiary/aromatic N) is 1. The second-order valence-electron chi connectivity index (χ2n) is 8.77. The van der Waals surface area contributed by atoms with Crippen molar-refractivity contribution in [2.75, 3.05) is 26.3 Å². The van der Waals surface area contributed by atoms with Gasteiger partial charge >= 0.3 is 12.1 Å². The van der Waals surface area contributed by atoms with E-state index < -0.39 is 11.7 Å². The largest absolute Gasteiger partial charge is 0.482 e. The first-order chi connectivity index (χ1) is 17.1. The van der Waals surface area contributed by atoms with Crippen molar-refractivity contribution in [2.24, 2.45) is 0 Å². The van der Waals surface area contributed by atoms with Crippen LogP contribution in [0.4, 0.5) is 13.2 Å². The van der Waals surface area contributed by atoms with E-state index in [4.69, 9.17) is 9.47 Å². The summed E-state index contributed by atoms with van der Waals surface area (Å²) in [4.78, 5) is 14.6. The van der Waals surface area contributed by atoms with Crippen LogP contribution in [0.3, 0.4) is 0 Å². The van der Waals surface area contributed by atoms with Gasteiger partial charge in [-0.25, -0.2) is 4.79 Å². The maximum absolute atomic E-state index is 12.8. The molecule has 0 aromatic heterocycles. The minimum Gasteiger partial charge on any atom is -0.482 e. The van der Waals surface area contributed by atoms with Crippen LogP contribution < -0.4 is 4.74 Å². The summed E-state index contributed by atoms with van der Waals surface area (Å²) in [5, 5.41) is 0. The van der Waals surface area contributed by atoms with E-state index in [1.165, 1.54) is 23.3 Å². The van der Waals surface area contributed by atoms with Crippen LogP contribution in [0.25, 0.3) is 4.91 Å². The Hall–Kier alpha value is -2.71. The molecular weight excluding hydrogens is 487 g/mol. The van der Waals surface area contributed by atoms with Crippen molar-refractivity contribution in [1.82, 2.24) is 4.90 Å². The predicted octanol–water partition coefficient (Wildman–Crippen LogP) is 6.35. The molecule has 0 N–H and O–H groups in total. The van der Waals surface area contributed by atoms with Crippen molar-refractivity contribution >= 4 is 23.5 Å². The smallest absolute Gasteiger partial charge is 0.416 e. The Bertz CT molecular complexity index is 1110. The molecule has 0 bridgehead atoms. The van der Waals surface area contributed by atoms with Gasteiger partial charge in [0.25, 0.3) is 0 Å². The number of hydrogen-bond acceptors (Lipinski definition) is 5. The molecule has 1 atom stereocenters. The van der Waals surface area contributed by atoms with E-state index in [-0.39, 0.29) is 18.6 Å². The number of carbonyl (C=O) groups is 1. The van der Waals surface area contributed by atoms with E-state index in [0.29, 0.717) is 22.8 Å². The van der Waals surface area contributed by atoms with Gasteiger partial charge < -0.3 is 9.47 Å². The van der Waals surface area contributed by atoms with Crippen LogP contribution in [-0.4, -0.2) is 43.2 Å². The standard InChI is InChI=1S/C28H32F3NO3S/c1-4-34-27(33)18-35-25-11-8-21-13-15-32(16-14-23(21)17-25)20(3)19(2)5-12-26(36)22-6-9-24(10-7-22)28(29,30)31/h5-12,17,20,36H,4,13-16,18H2,1-3H3/b19-5+,26-12-. The van der Waals surface area contributed by atoms with E-state index in [1.807, 2.05) is 31.2 Å². The number of fused-ring (bicyclic) bond motifs is 1. The second-order valence-corrected chi connectivity index (χ2v) is 9.26. The molecule has 1 heterocycles. The molecule has 4 nitrogen and oxygen atoms in total. The molecule has 1 unspecified atom stereocenters. The van der Waals surface area contributed by atoms with Crippen molar-refractivity contribution in [3.8, 4) is 5.75 Å². The lowest BCUT2D eigenvalue weighted by molar-refractivity contribution is -0.145. The van der Waals surface area contributed by atoms with E-state index >= 15 is 0 Å². The number of alkyl halides is 3. The SMILES string of the molecule is CCOC(=O)COc1ccc2c(c1)CCN(C(C)/C(C)=C/C=C(\S)c1ccc(C(F)(F)F)cc1)CC2. The molecule has 1 aliphatic heterocycles. The molecule has 0 fully saturated rings. The zero-order valence-electron chi connectivity index (χ0n) is 20.8. The van der Waals surface area contributed by atoms with E-state index in [1.54, 1.807) is 6.92 Å². The monoisotopic (exact) mass is 519 g/mol. The average Bonchev–Trinajstić information content (AvgIpc) is 3.07. The summed E-state index contributed by atoms with van der Waals surface area (Å²) in [6.45, 7) is 7.96. The molecule has 0 saturated carbocycles. The highest BCUT2D eigenvalue weighted by molar-refractivity contribution is 7.90. The Kier molecular flexibility index (Phi) is 9.68. The van der Waals surface area contributed by atoms with Gasteiger partial charge in [0.05, 0.1) is 12.2 Å². The van der Waals surface area contributed by atoms with Crippen LogP contribution in [0.1, 0.15) is 43.0 Å². The van der Waals surface area contributed by atoms with E-state index in [2.05, 4.69) is 30.5 Å². The molecule has 1 aliphatic rings. The number of allylic oxidation sites excluding steroid dienone is 2. The van der Waals surface area contributed by atoms with Crippen LogP contribution >= 0.6 is 12.6 Å². The first-order valence-corrected chi connectivity index (χ1v) is 12.4. The molecule has 36 heavy (non-hydrogen) atoms. The number of benzene rings is 2. The van der Waals surface area contributed by atoms with Crippen molar-refractivity contribution in [1.29, 1.82) is 0 Å². The fourth-order valence-corrected chi connectivity index (χ4v) is 4.33. The van der Waals surface area contributed by atoms with Gasteiger partial charge in [-0.05, 0) is 80.6 Å². The molecule has 194 valence electrons. The Morgan fingerprint density at radius 1 is 1.08 bits per heavy atom. The minimum absolute atomic E-state index is 0.104. The summed E-state index contributed by atoms with van der Waals surface area (Å²) in [5.74, 6) is 0.278. The lowest BCUT2D eigenvalue weighted by Crippen LogP contribution is -2.35. The van der Waals surface area contributed by atoms with Gasteiger partial charge in [-0.2, -0.15) is 13.2 Å². The molecular formula is C28H32F3NO3S. The number of thiol groups is 1. The lowest BCUT2D eigenvalue weighted by atomic mass is 10.0. The fourth-order valence-electron chi connectivity index (χ4n) is 4.10. The molecule has 0 amide bonds. The summed E-state index contributed by atoms with van der Waals surface area (Å²) in [7, 11) is 0. The van der Waals surface area contributed by atoms with Crippen molar-refractivity contribution in [3.63, 3.8) is 0 Å². The van der Waals surface area contributed by atoms with Crippen LogP contribution in [-0.2, 0) is 28.5 Å². The topological polar surface area (TPSA) is 38.8 Å².